The largest absolute Gasteiger partial charge is 0.338 e. The van der Waals surface area contributed by atoms with Crippen LogP contribution in [-0.4, -0.2) is 19.7 Å². The molecule has 0 fully saturated rings. The number of hydrogen-bond acceptors (Lipinski definition) is 6. The highest BCUT2D eigenvalue weighted by Crippen LogP contribution is 2.26. The fourth-order valence-corrected chi connectivity index (χ4v) is 4.55. The second-order valence-corrected chi connectivity index (χ2v) is 8.84. The number of para-hydroxylation sites is 1. The van der Waals surface area contributed by atoms with Gasteiger partial charge >= 0.3 is 0 Å². The van der Waals surface area contributed by atoms with E-state index in [4.69, 9.17) is 9.51 Å². The molecule has 0 radical (unpaired) electrons. The van der Waals surface area contributed by atoms with Gasteiger partial charge in [0.2, 0.25) is 5.89 Å². The minimum atomic E-state index is -0.0907. The molecule has 2 heterocycles. The zero-order chi connectivity index (χ0) is 22.8. The molecule has 0 aliphatic heterocycles. The molecule has 0 spiro atoms. The Labute approximate surface area is 195 Å². The third kappa shape index (κ3) is 4.45. The number of rotatable bonds is 6. The van der Waals surface area contributed by atoms with E-state index in [2.05, 4.69) is 10.1 Å². The lowest BCUT2D eigenvalue weighted by Crippen LogP contribution is -2.22. The Morgan fingerprint density at radius 1 is 0.939 bits per heavy atom. The molecule has 7 heteroatoms. The number of thioether (sulfide) groups is 1. The standard InChI is InChI=1S/C26H22N4O2S/c1-17-12-13-18(2)22(14-17)30-25(31)20-10-6-7-11-21(20)27-26(30)33-16-24-28-23(29-32-24)15-19-8-4-3-5-9-19/h3-14H,15-16H2,1-2H3. The summed E-state index contributed by atoms with van der Waals surface area (Å²) >= 11 is 1.41. The summed E-state index contributed by atoms with van der Waals surface area (Å²) in [4.78, 5) is 22.8. The van der Waals surface area contributed by atoms with Gasteiger partial charge in [-0.15, -0.1) is 0 Å². The van der Waals surface area contributed by atoms with Gasteiger partial charge in [0.05, 0.1) is 22.3 Å². The Hall–Kier alpha value is -3.71. The van der Waals surface area contributed by atoms with Gasteiger partial charge in [-0.25, -0.2) is 4.98 Å². The molecule has 0 N–H and O–H groups in total. The van der Waals surface area contributed by atoms with Crippen molar-refractivity contribution in [2.24, 2.45) is 0 Å². The number of hydrogen-bond donors (Lipinski definition) is 0. The van der Waals surface area contributed by atoms with Crippen LogP contribution in [0.5, 0.6) is 0 Å². The third-order valence-corrected chi connectivity index (χ3v) is 6.31. The number of aromatic nitrogens is 4. The Morgan fingerprint density at radius 3 is 2.58 bits per heavy atom. The molecule has 0 bridgehead atoms. The Balaban J connectivity index is 1.49. The SMILES string of the molecule is Cc1ccc(C)c(-n2c(SCc3nc(Cc4ccccc4)no3)nc3ccccc3c2=O)c1. The first kappa shape index (κ1) is 21.2. The topological polar surface area (TPSA) is 73.8 Å². The first-order chi connectivity index (χ1) is 16.1. The quantitative estimate of drug-likeness (QED) is 0.257. The van der Waals surface area contributed by atoms with Crippen molar-refractivity contribution in [1.82, 2.24) is 19.7 Å². The van der Waals surface area contributed by atoms with E-state index in [1.54, 1.807) is 4.57 Å². The Morgan fingerprint density at radius 2 is 1.73 bits per heavy atom. The summed E-state index contributed by atoms with van der Waals surface area (Å²) in [7, 11) is 0. The molecule has 0 aliphatic rings. The van der Waals surface area contributed by atoms with Crippen LogP contribution in [0.15, 0.2) is 87.3 Å². The first-order valence-corrected chi connectivity index (χ1v) is 11.6. The fraction of sp³-hybridized carbons (Fsp3) is 0.154. The summed E-state index contributed by atoms with van der Waals surface area (Å²) in [6, 6.07) is 23.5. The monoisotopic (exact) mass is 454 g/mol. The van der Waals surface area contributed by atoms with E-state index in [0.717, 1.165) is 22.4 Å². The molecule has 5 rings (SSSR count). The molecule has 0 atom stereocenters. The van der Waals surface area contributed by atoms with E-state index >= 15 is 0 Å². The van der Waals surface area contributed by atoms with Crippen LogP contribution < -0.4 is 5.56 Å². The predicted octanol–water partition coefficient (Wildman–Crippen LogP) is 5.27. The van der Waals surface area contributed by atoms with Gasteiger partial charge in [0, 0.05) is 6.42 Å². The van der Waals surface area contributed by atoms with Crippen LogP contribution in [0.4, 0.5) is 0 Å². The summed E-state index contributed by atoms with van der Waals surface area (Å²) in [5, 5.41) is 5.29. The van der Waals surface area contributed by atoms with Crippen LogP contribution in [0, 0.1) is 13.8 Å². The summed E-state index contributed by atoms with van der Waals surface area (Å²) in [5.41, 5.74) is 4.61. The number of fused-ring (bicyclic) bond motifs is 1. The molecule has 3 aromatic carbocycles. The van der Waals surface area contributed by atoms with Gasteiger partial charge in [0.1, 0.15) is 0 Å². The molecule has 0 saturated heterocycles. The lowest BCUT2D eigenvalue weighted by Gasteiger charge is -2.15. The van der Waals surface area contributed by atoms with Gasteiger partial charge in [-0.2, -0.15) is 4.98 Å². The van der Waals surface area contributed by atoms with Gasteiger partial charge < -0.3 is 4.52 Å². The molecule has 0 amide bonds. The van der Waals surface area contributed by atoms with Crippen molar-refractivity contribution in [3.63, 3.8) is 0 Å². The Kier molecular flexibility index (Phi) is 5.79. The molecule has 5 aromatic rings. The highest BCUT2D eigenvalue weighted by Gasteiger charge is 2.17. The van der Waals surface area contributed by atoms with Crippen molar-refractivity contribution < 1.29 is 4.52 Å². The normalized spacial score (nSPS) is 11.2. The molecule has 2 aromatic heterocycles. The van der Waals surface area contributed by atoms with Crippen LogP contribution in [0.25, 0.3) is 16.6 Å². The average Bonchev–Trinajstić information content (AvgIpc) is 3.27. The van der Waals surface area contributed by atoms with Crippen LogP contribution in [-0.2, 0) is 12.2 Å². The van der Waals surface area contributed by atoms with Crippen LogP contribution in [0.3, 0.4) is 0 Å². The number of benzene rings is 3. The molecule has 0 saturated carbocycles. The number of nitrogens with zero attached hydrogens (tertiary/aromatic N) is 4. The summed E-state index contributed by atoms with van der Waals surface area (Å²) in [5.74, 6) is 1.55. The molecule has 0 aliphatic carbocycles. The summed E-state index contributed by atoms with van der Waals surface area (Å²) < 4.78 is 7.16. The van der Waals surface area contributed by atoms with E-state index in [1.807, 2.05) is 86.6 Å². The maximum Gasteiger partial charge on any atom is 0.266 e. The van der Waals surface area contributed by atoms with E-state index in [9.17, 15) is 4.79 Å². The molecule has 164 valence electrons. The first-order valence-electron chi connectivity index (χ1n) is 10.7. The van der Waals surface area contributed by atoms with Crippen LogP contribution in [0.1, 0.15) is 28.4 Å². The van der Waals surface area contributed by atoms with Crippen molar-refractivity contribution in [1.29, 1.82) is 0 Å². The van der Waals surface area contributed by atoms with Crippen molar-refractivity contribution in [3.05, 3.63) is 112 Å². The number of aryl methyl sites for hydroxylation is 2. The zero-order valence-corrected chi connectivity index (χ0v) is 19.2. The lowest BCUT2D eigenvalue weighted by molar-refractivity contribution is 0.385. The zero-order valence-electron chi connectivity index (χ0n) is 18.4. The van der Waals surface area contributed by atoms with Crippen LogP contribution >= 0.6 is 11.8 Å². The summed E-state index contributed by atoms with van der Waals surface area (Å²) in [6.45, 7) is 4.01. The van der Waals surface area contributed by atoms with E-state index in [-0.39, 0.29) is 5.56 Å². The van der Waals surface area contributed by atoms with Crippen molar-refractivity contribution >= 4 is 22.7 Å². The highest BCUT2D eigenvalue weighted by atomic mass is 32.2. The second-order valence-electron chi connectivity index (χ2n) is 7.90. The molecule has 6 nitrogen and oxygen atoms in total. The van der Waals surface area contributed by atoms with Gasteiger partial charge in [-0.3, -0.25) is 9.36 Å². The maximum absolute atomic E-state index is 13.5. The van der Waals surface area contributed by atoms with E-state index < -0.39 is 0 Å². The average molecular weight is 455 g/mol. The smallest absolute Gasteiger partial charge is 0.266 e. The minimum Gasteiger partial charge on any atom is -0.338 e. The third-order valence-electron chi connectivity index (χ3n) is 5.39. The van der Waals surface area contributed by atoms with Crippen molar-refractivity contribution in [2.75, 3.05) is 0 Å². The van der Waals surface area contributed by atoms with Gasteiger partial charge in [-0.05, 0) is 48.7 Å². The van der Waals surface area contributed by atoms with Gasteiger partial charge in [-0.1, -0.05) is 71.5 Å². The Bertz CT molecular complexity index is 1490. The van der Waals surface area contributed by atoms with Gasteiger partial charge in [0.25, 0.3) is 5.56 Å². The van der Waals surface area contributed by atoms with E-state index in [0.29, 0.717) is 39.9 Å². The van der Waals surface area contributed by atoms with E-state index in [1.165, 1.54) is 11.8 Å². The fourth-order valence-electron chi connectivity index (χ4n) is 3.71. The summed E-state index contributed by atoms with van der Waals surface area (Å²) in [6.07, 6.45) is 0.608. The van der Waals surface area contributed by atoms with Crippen molar-refractivity contribution in [3.8, 4) is 5.69 Å². The molecular formula is C26H22N4O2S. The molecule has 33 heavy (non-hydrogen) atoms. The van der Waals surface area contributed by atoms with Gasteiger partial charge in [0.15, 0.2) is 11.0 Å². The minimum absolute atomic E-state index is 0.0907. The molecular weight excluding hydrogens is 432 g/mol. The van der Waals surface area contributed by atoms with Crippen LogP contribution in [0.2, 0.25) is 0 Å². The lowest BCUT2D eigenvalue weighted by atomic mass is 10.1. The molecule has 0 unspecified atom stereocenters. The second kappa shape index (κ2) is 9.03. The van der Waals surface area contributed by atoms with Crippen molar-refractivity contribution in [2.45, 2.75) is 31.2 Å². The highest BCUT2D eigenvalue weighted by molar-refractivity contribution is 7.98. The predicted molar refractivity (Wildman–Crippen MR) is 130 cm³/mol. The maximum atomic E-state index is 13.5.